The second-order valence-electron chi connectivity index (χ2n) is 3.95. The molecule has 0 unspecified atom stereocenters. The predicted octanol–water partition coefficient (Wildman–Crippen LogP) is 2.79. The Bertz CT molecular complexity index is 532. The Balaban J connectivity index is 2.42. The molecule has 2 rings (SSSR count). The first-order valence-electron chi connectivity index (χ1n) is 6.03. The molecule has 0 saturated heterocycles. The summed E-state index contributed by atoms with van der Waals surface area (Å²) in [4.78, 5) is 4.54. The van der Waals surface area contributed by atoms with Gasteiger partial charge in [-0.25, -0.2) is 10.8 Å². The average Bonchev–Trinajstić information content (AvgIpc) is 2.46. The highest BCUT2D eigenvalue weighted by Crippen LogP contribution is 2.15. The standard InChI is InChI=1S/C15H17N3/c1-2-12-8-6-7-11-14(12)15(18-16)17-13-9-4-3-5-10-13/h3-11H,2,16H2,1H3,(H,17,18). The molecule has 2 aromatic carbocycles. The van der Waals surface area contributed by atoms with Gasteiger partial charge in [-0.2, -0.15) is 0 Å². The number of hydrogen-bond acceptors (Lipinski definition) is 2. The highest BCUT2D eigenvalue weighted by atomic mass is 15.2. The van der Waals surface area contributed by atoms with Gasteiger partial charge in [0.1, 0.15) is 5.84 Å². The van der Waals surface area contributed by atoms with Gasteiger partial charge in [-0.15, -0.1) is 0 Å². The topological polar surface area (TPSA) is 50.4 Å². The van der Waals surface area contributed by atoms with E-state index < -0.39 is 0 Å². The van der Waals surface area contributed by atoms with Gasteiger partial charge >= 0.3 is 0 Å². The Morgan fingerprint density at radius 1 is 1.06 bits per heavy atom. The van der Waals surface area contributed by atoms with E-state index in [9.17, 15) is 0 Å². The van der Waals surface area contributed by atoms with E-state index in [1.165, 1.54) is 5.56 Å². The van der Waals surface area contributed by atoms with E-state index in [1.54, 1.807) is 0 Å². The molecule has 3 heteroatoms. The van der Waals surface area contributed by atoms with Gasteiger partial charge in [0, 0.05) is 5.56 Å². The molecule has 0 radical (unpaired) electrons. The number of aliphatic imine (C=N–C) groups is 1. The molecule has 3 nitrogen and oxygen atoms in total. The number of nitrogens with two attached hydrogens (primary N) is 1. The van der Waals surface area contributed by atoms with Gasteiger partial charge < -0.3 is 5.43 Å². The number of aryl methyl sites for hydroxylation is 1. The van der Waals surface area contributed by atoms with E-state index in [0.29, 0.717) is 5.84 Å². The number of hydrogen-bond donors (Lipinski definition) is 2. The normalized spacial score (nSPS) is 11.3. The summed E-state index contributed by atoms with van der Waals surface area (Å²) in [6.45, 7) is 2.12. The van der Waals surface area contributed by atoms with E-state index in [1.807, 2.05) is 48.5 Å². The number of benzene rings is 2. The molecule has 0 aromatic heterocycles. The molecule has 92 valence electrons. The minimum atomic E-state index is 0.693. The second-order valence-corrected chi connectivity index (χ2v) is 3.95. The lowest BCUT2D eigenvalue weighted by atomic mass is 10.0. The van der Waals surface area contributed by atoms with Crippen LogP contribution in [0.25, 0.3) is 0 Å². The Morgan fingerprint density at radius 3 is 2.39 bits per heavy atom. The van der Waals surface area contributed by atoms with Crippen molar-refractivity contribution in [1.29, 1.82) is 0 Å². The van der Waals surface area contributed by atoms with Crippen LogP contribution in [-0.4, -0.2) is 5.84 Å². The zero-order valence-electron chi connectivity index (χ0n) is 10.4. The Labute approximate surface area is 107 Å². The maximum atomic E-state index is 5.60. The van der Waals surface area contributed by atoms with Crippen molar-refractivity contribution in [2.45, 2.75) is 13.3 Å². The van der Waals surface area contributed by atoms with Crippen molar-refractivity contribution in [3.63, 3.8) is 0 Å². The van der Waals surface area contributed by atoms with Crippen LogP contribution < -0.4 is 11.3 Å². The number of hydrazine groups is 1. The summed E-state index contributed by atoms with van der Waals surface area (Å²) < 4.78 is 0. The van der Waals surface area contributed by atoms with E-state index in [4.69, 9.17) is 5.84 Å². The van der Waals surface area contributed by atoms with Gasteiger partial charge in [-0.05, 0) is 24.1 Å². The van der Waals surface area contributed by atoms with Crippen molar-refractivity contribution in [1.82, 2.24) is 5.43 Å². The lowest BCUT2D eigenvalue weighted by Gasteiger charge is -2.10. The summed E-state index contributed by atoms with van der Waals surface area (Å²) >= 11 is 0. The largest absolute Gasteiger partial charge is 0.308 e. The van der Waals surface area contributed by atoms with E-state index in [0.717, 1.165) is 17.7 Å². The van der Waals surface area contributed by atoms with Crippen LogP contribution in [0.3, 0.4) is 0 Å². The van der Waals surface area contributed by atoms with E-state index in [-0.39, 0.29) is 0 Å². The predicted molar refractivity (Wildman–Crippen MR) is 75.8 cm³/mol. The van der Waals surface area contributed by atoms with Crippen molar-refractivity contribution in [3.8, 4) is 0 Å². The van der Waals surface area contributed by atoms with Gasteiger partial charge in [0.2, 0.25) is 0 Å². The Morgan fingerprint density at radius 2 is 1.72 bits per heavy atom. The quantitative estimate of drug-likeness (QED) is 0.374. The fourth-order valence-corrected chi connectivity index (χ4v) is 1.86. The number of rotatable bonds is 3. The zero-order chi connectivity index (χ0) is 12.8. The van der Waals surface area contributed by atoms with Crippen LogP contribution in [0.4, 0.5) is 5.69 Å². The molecular formula is C15H17N3. The molecule has 0 bridgehead atoms. The first-order chi connectivity index (χ1) is 8.85. The minimum absolute atomic E-state index is 0.693. The first-order valence-corrected chi connectivity index (χ1v) is 6.03. The molecule has 0 atom stereocenters. The van der Waals surface area contributed by atoms with Crippen LogP contribution in [0.5, 0.6) is 0 Å². The third kappa shape index (κ3) is 2.76. The van der Waals surface area contributed by atoms with Crippen LogP contribution in [0.2, 0.25) is 0 Å². The van der Waals surface area contributed by atoms with Crippen LogP contribution in [0.15, 0.2) is 59.6 Å². The smallest absolute Gasteiger partial charge is 0.148 e. The van der Waals surface area contributed by atoms with Crippen molar-refractivity contribution in [2.75, 3.05) is 0 Å². The number of nitrogens with one attached hydrogen (secondary N) is 1. The second kappa shape index (κ2) is 5.98. The highest BCUT2D eigenvalue weighted by Gasteiger charge is 2.06. The van der Waals surface area contributed by atoms with Gasteiger partial charge in [-0.1, -0.05) is 49.4 Å². The van der Waals surface area contributed by atoms with Crippen LogP contribution in [0.1, 0.15) is 18.1 Å². The Hall–Kier alpha value is -2.13. The fraction of sp³-hybridized carbons (Fsp3) is 0.133. The molecule has 3 N–H and O–H groups in total. The highest BCUT2D eigenvalue weighted by molar-refractivity contribution is 6.01. The van der Waals surface area contributed by atoms with Gasteiger partial charge in [0.25, 0.3) is 0 Å². The van der Waals surface area contributed by atoms with Crippen molar-refractivity contribution in [2.24, 2.45) is 10.8 Å². The lowest BCUT2D eigenvalue weighted by Crippen LogP contribution is -2.31. The maximum Gasteiger partial charge on any atom is 0.148 e. The van der Waals surface area contributed by atoms with Crippen LogP contribution in [-0.2, 0) is 6.42 Å². The summed E-state index contributed by atoms with van der Waals surface area (Å²) in [6.07, 6.45) is 0.950. The molecule has 0 heterocycles. The van der Waals surface area contributed by atoms with Gasteiger partial charge in [0.15, 0.2) is 0 Å². The molecule has 18 heavy (non-hydrogen) atoms. The van der Waals surface area contributed by atoms with Crippen molar-refractivity contribution >= 4 is 11.5 Å². The average molecular weight is 239 g/mol. The fourth-order valence-electron chi connectivity index (χ4n) is 1.86. The molecule has 0 saturated carbocycles. The monoisotopic (exact) mass is 239 g/mol. The van der Waals surface area contributed by atoms with Crippen LogP contribution >= 0.6 is 0 Å². The number of amidine groups is 1. The summed E-state index contributed by atoms with van der Waals surface area (Å²) in [5, 5.41) is 0. The minimum Gasteiger partial charge on any atom is -0.308 e. The molecule has 0 amide bonds. The zero-order valence-corrected chi connectivity index (χ0v) is 10.4. The van der Waals surface area contributed by atoms with Crippen molar-refractivity contribution in [3.05, 3.63) is 65.7 Å². The molecule has 0 aliphatic carbocycles. The third-order valence-corrected chi connectivity index (χ3v) is 2.79. The summed E-state index contributed by atoms with van der Waals surface area (Å²) in [5.41, 5.74) is 5.85. The first kappa shape index (κ1) is 12.3. The molecule has 0 aliphatic rings. The molecule has 2 aromatic rings. The lowest BCUT2D eigenvalue weighted by molar-refractivity contribution is 1.01. The van der Waals surface area contributed by atoms with Gasteiger partial charge in [-0.3, -0.25) is 0 Å². The van der Waals surface area contributed by atoms with Crippen molar-refractivity contribution < 1.29 is 0 Å². The van der Waals surface area contributed by atoms with E-state index >= 15 is 0 Å². The summed E-state index contributed by atoms with van der Waals surface area (Å²) in [7, 11) is 0. The van der Waals surface area contributed by atoms with E-state index in [2.05, 4.69) is 23.4 Å². The maximum absolute atomic E-state index is 5.60. The number of nitrogens with zero attached hydrogens (tertiary/aromatic N) is 1. The molecular weight excluding hydrogens is 222 g/mol. The molecule has 0 aliphatic heterocycles. The Kier molecular flexibility index (Phi) is 4.10. The third-order valence-electron chi connectivity index (χ3n) is 2.79. The van der Waals surface area contributed by atoms with Crippen LogP contribution in [0, 0.1) is 0 Å². The summed E-state index contributed by atoms with van der Waals surface area (Å²) in [5.74, 6) is 6.29. The molecule has 0 spiro atoms. The number of para-hydroxylation sites is 1. The van der Waals surface area contributed by atoms with Gasteiger partial charge in [0.05, 0.1) is 5.69 Å². The SMILES string of the molecule is CCc1ccccc1C(=Nc1ccccc1)NN. The molecule has 0 fully saturated rings. The summed E-state index contributed by atoms with van der Waals surface area (Å²) in [6, 6.07) is 17.9.